The summed E-state index contributed by atoms with van der Waals surface area (Å²) in [5.41, 5.74) is 1.04. The number of carbonyl (C=O) groups is 1. The Bertz CT molecular complexity index is 545. The molecule has 0 saturated carbocycles. The van der Waals surface area contributed by atoms with Crippen molar-refractivity contribution < 1.29 is 4.79 Å². The summed E-state index contributed by atoms with van der Waals surface area (Å²) in [6, 6.07) is 6.66. The summed E-state index contributed by atoms with van der Waals surface area (Å²) in [6.45, 7) is 0. The van der Waals surface area contributed by atoms with Crippen LogP contribution in [0.3, 0.4) is 0 Å². The van der Waals surface area contributed by atoms with Crippen LogP contribution >= 0.6 is 27.5 Å². The Morgan fingerprint density at radius 1 is 1.29 bits per heavy atom. The van der Waals surface area contributed by atoms with Crippen LogP contribution in [0.1, 0.15) is 10.4 Å². The molecule has 0 aliphatic carbocycles. The van der Waals surface area contributed by atoms with E-state index < -0.39 is 0 Å². The molecule has 2 aromatic heterocycles. The molecule has 0 bridgehead atoms. The summed E-state index contributed by atoms with van der Waals surface area (Å²) in [7, 11) is 0. The third-order valence-corrected chi connectivity index (χ3v) is 2.85. The zero-order valence-electron chi connectivity index (χ0n) is 8.52. The van der Waals surface area contributed by atoms with Crippen molar-refractivity contribution in [1.29, 1.82) is 0 Å². The van der Waals surface area contributed by atoms with Gasteiger partial charge < -0.3 is 5.32 Å². The van der Waals surface area contributed by atoms with Crippen LogP contribution in [0.15, 0.2) is 41.3 Å². The van der Waals surface area contributed by atoms with Gasteiger partial charge in [0.1, 0.15) is 9.76 Å². The van der Waals surface area contributed by atoms with Crippen molar-refractivity contribution in [2.45, 2.75) is 0 Å². The maximum absolute atomic E-state index is 11.8. The fourth-order valence-electron chi connectivity index (χ4n) is 1.18. The Kier molecular flexibility index (Phi) is 3.71. The molecule has 2 heterocycles. The lowest BCUT2D eigenvalue weighted by Crippen LogP contribution is -2.12. The summed E-state index contributed by atoms with van der Waals surface area (Å²) in [5, 5.41) is 3.07. The molecule has 4 nitrogen and oxygen atoms in total. The minimum atomic E-state index is -0.261. The summed E-state index contributed by atoms with van der Waals surface area (Å²) in [5.74, 6) is -0.261. The van der Waals surface area contributed by atoms with E-state index >= 15 is 0 Å². The maximum Gasteiger partial charge on any atom is 0.257 e. The Balaban J connectivity index is 2.17. The van der Waals surface area contributed by atoms with Crippen LogP contribution in [0.25, 0.3) is 0 Å². The van der Waals surface area contributed by atoms with Crippen LogP contribution in [0.5, 0.6) is 0 Å². The van der Waals surface area contributed by atoms with Gasteiger partial charge in [-0.05, 0) is 40.2 Å². The van der Waals surface area contributed by atoms with E-state index in [0.29, 0.717) is 21.0 Å². The normalized spacial score (nSPS) is 10.0. The topological polar surface area (TPSA) is 54.9 Å². The number of pyridine rings is 2. The zero-order valence-corrected chi connectivity index (χ0v) is 10.9. The second kappa shape index (κ2) is 5.25. The van der Waals surface area contributed by atoms with Gasteiger partial charge in [-0.2, -0.15) is 0 Å². The molecular weight excluding hydrogens is 305 g/mol. The Morgan fingerprint density at radius 2 is 2.12 bits per heavy atom. The molecule has 0 aliphatic rings. The van der Waals surface area contributed by atoms with Crippen molar-refractivity contribution in [3.63, 3.8) is 0 Å². The van der Waals surface area contributed by atoms with Gasteiger partial charge in [0.25, 0.3) is 5.91 Å². The standard InChI is InChI=1S/C11H7BrClN3O/c12-10-8(2-1-5-14-10)16-11(17)7-3-4-9(13)15-6-7/h1-6H,(H,16,17). The first-order valence-corrected chi connectivity index (χ1v) is 5.87. The predicted octanol–water partition coefficient (Wildman–Crippen LogP) is 3.14. The fraction of sp³-hybridized carbons (Fsp3) is 0. The molecule has 0 spiro atoms. The number of nitrogens with one attached hydrogen (secondary N) is 1. The molecule has 1 N–H and O–H groups in total. The number of carbonyl (C=O) groups excluding carboxylic acids is 1. The summed E-state index contributed by atoms with van der Waals surface area (Å²) in [6.07, 6.45) is 3.05. The average molecular weight is 313 g/mol. The number of nitrogens with zero attached hydrogens (tertiary/aromatic N) is 2. The van der Waals surface area contributed by atoms with E-state index in [9.17, 15) is 4.79 Å². The van der Waals surface area contributed by atoms with Crippen LogP contribution in [0, 0.1) is 0 Å². The van der Waals surface area contributed by atoms with Crippen molar-refractivity contribution in [3.05, 3.63) is 52.0 Å². The average Bonchev–Trinajstić information content (AvgIpc) is 2.33. The number of amides is 1. The first kappa shape index (κ1) is 12.0. The molecule has 1 amide bonds. The molecule has 0 aromatic carbocycles. The zero-order chi connectivity index (χ0) is 12.3. The quantitative estimate of drug-likeness (QED) is 0.867. The van der Waals surface area contributed by atoms with Gasteiger partial charge in [-0.25, -0.2) is 9.97 Å². The van der Waals surface area contributed by atoms with Crippen molar-refractivity contribution in [2.24, 2.45) is 0 Å². The molecule has 0 fully saturated rings. The van der Waals surface area contributed by atoms with E-state index in [2.05, 4.69) is 31.2 Å². The molecule has 0 radical (unpaired) electrons. The van der Waals surface area contributed by atoms with Crippen molar-refractivity contribution >= 4 is 39.1 Å². The lowest BCUT2D eigenvalue weighted by atomic mass is 10.2. The molecule has 86 valence electrons. The third-order valence-electron chi connectivity index (χ3n) is 2.00. The summed E-state index contributed by atoms with van der Waals surface area (Å²) < 4.78 is 0.579. The highest BCUT2D eigenvalue weighted by Crippen LogP contribution is 2.19. The molecule has 0 aliphatic heterocycles. The van der Waals surface area contributed by atoms with E-state index in [1.165, 1.54) is 6.20 Å². The van der Waals surface area contributed by atoms with Crippen LogP contribution in [-0.2, 0) is 0 Å². The van der Waals surface area contributed by atoms with Crippen LogP contribution < -0.4 is 5.32 Å². The van der Waals surface area contributed by atoms with E-state index in [4.69, 9.17) is 11.6 Å². The van der Waals surface area contributed by atoms with Crippen molar-refractivity contribution in [3.8, 4) is 0 Å². The minimum absolute atomic E-state index is 0.261. The highest BCUT2D eigenvalue weighted by Gasteiger charge is 2.08. The molecule has 0 unspecified atom stereocenters. The molecular formula is C11H7BrClN3O. The smallest absolute Gasteiger partial charge is 0.257 e. The van der Waals surface area contributed by atoms with E-state index in [1.807, 2.05) is 0 Å². The highest BCUT2D eigenvalue weighted by atomic mass is 79.9. The molecule has 17 heavy (non-hydrogen) atoms. The first-order chi connectivity index (χ1) is 8.16. The van der Waals surface area contributed by atoms with E-state index in [1.54, 1.807) is 30.5 Å². The second-order valence-electron chi connectivity index (χ2n) is 3.17. The third kappa shape index (κ3) is 3.01. The van der Waals surface area contributed by atoms with Gasteiger partial charge in [0.05, 0.1) is 11.3 Å². The van der Waals surface area contributed by atoms with Gasteiger partial charge in [-0.3, -0.25) is 4.79 Å². The Morgan fingerprint density at radius 3 is 2.76 bits per heavy atom. The highest BCUT2D eigenvalue weighted by molar-refractivity contribution is 9.10. The van der Waals surface area contributed by atoms with Crippen LogP contribution in [0.4, 0.5) is 5.69 Å². The van der Waals surface area contributed by atoms with Gasteiger partial charge >= 0.3 is 0 Å². The van der Waals surface area contributed by atoms with Gasteiger partial charge in [0.2, 0.25) is 0 Å². The van der Waals surface area contributed by atoms with Gasteiger partial charge in [0.15, 0.2) is 0 Å². The maximum atomic E-state index is 11.8. The number of hydrogen-bond acceptors (Lipinski definition) is 3. The van der Waals surface area contributed by atoms with Gasteiger partial charge in [-0.15, -0.1) is 0 Å². The molecule has 0 saturated heterocycles. The number of rotatable bonds is 2. The molecule has 2 aromatic rings. The number of hydrogen-bond donors (Lipinski definition) is 1. The summed E-state index contributed by atoms with van der Waals surface area (Å²) >= 11 is 8.89. The second-order valence-corrected chi connectivity index (χ2v) is 4.30. The van der Waals surface area contributed by atoms with Gasteiger partial charge in [-0.1, -0.05) is 11.6 Å². The SMILES string of the molecule is O=C(Nc1cccnc1Br)c1ccc(Cl)nc1. The Hall–Kier alpha value is -1.46. The van der Waals surface area contributed by atoms with E-state index in [-0.39, 0.29) is 5.91 Å². The van der Waals surface area contributed by atoms with Crippen LogP contribution in [-0.4, -0.2) is 15.9 Å². The molecule has 0 atom stereocenters. The largest absolute Gasteiger partial charge is 0.320 e. The minimum Gasteiger partial charge on any atom is -0.320 e. The van der Waals surface area contributed by atoms with Crippen LogP contribution in [0.2, 0.25) is 5.15 Å². The lowest BCUT2D eigenvalue weighted by Gasteiger charge is -2.05. The Labute approximate surface area is 111 Å². The van der Waals surface area contributed by atoms with E-state index in [0.717, 1.165) is 0 Å². The van der Waals surface area contributed by atoms with Gasteiger partial charge in [0, 0.05) is 12.4 Å². The first-order valence-electron chi connectivity index (χ1n) is 4.70. The number of halogens is 2. The molecule has 6 heteroatoms. The number of anilines is 1. The lowest BCUT2D eigenvalue weighted by molar-refractivity contribution is 0.102. The predicted molar refractivity (Wildman–Crippen MR) is 69.1 cm³/mol. The molecule has 2 rings (SSSR count). The fourth-order valence-corrected chi connectivity index (χ4v) is 1.65. The van der Waals surface area contributed by atoms with Crippen molar-refractivity contribution in [1.82, 2.24) is 9.97 Å². The summed E-state index contributed by atoms with van der Waals surface area (Å²) in [4.78, 5) is 19.7. The van der Waals surface area contributed by atoms with Crippen molar-refractivity contribution in [2.75, 3.05) is 5.32 Å². The number of aromatic nitrogens is 2. The monoisotopic (exact) mass is 311 g/mol.